The van der Waals surface area contributed by atoms with Crippen molar-refractivity contribution in [2.24, 2.45) is 56.7 Å². The number of carbonyl (C=O) groups excluding carboxylic acids is 3. The number of allylic oxidation sites excluding steroid dienone is 4. The van der Waals surface area contributed by atoms with Crippen molar-refractivity contribution in [1.82, 2.24) is 0 Å². The molecule has 5 aliphatic rings. The summed E-state index contributed by atoms with van der Waals surface area (Å²) in [6.07, 6.45) is 9.78. The number of nitrogens with zero attached hydrogens (tertiary/aromatic N) is 1. The molecular formula is C32H43NO4. The second-order valence-corrected chi connectivity index (χ2v) is 14.3. The summed E-state index contributed by atoms with van der Waals surface area (Å²) >= 11 is 0. The van der Waals surface area contributed by atoms with Crippen molar-refractivity contribution in [1.29, 1.82) is 5.26 Å². The molecule has 5 heteroatoms. The molecule has 200 valence electrons. The minimum absolute atomic E-state index is 0.0189. The maximum atomic E-state index is 14.4. The van der Waals surface area contributed by atoms with Gasteiger partial charge in [-0.1, -0.05) is 53.2 Å². The highest BCUT2D eigenvalue weighted by atomic mass is 16.5. The molecule has 5 rings (SSSR count). The summed E-state index contributed by atoms with van der Waals surface area (Å²) in [4.78, 5) is 41.0. The predicted octanol–water partition coefficient (Wildman–Crippen LogP) is 6.23. The van der Waals surface area contributed by atoms with Gasteiger partial charge in [0.25, 0.3) is 0 Å². The monoisotopic (exact) mass is 505 g/mol. The van der Waals surface area contributed by atoms with E-state index in [4.69, 9.17) is 4.74 Å². The third-order valence-electron chi connectivity index (χ3n) is 12.9. The quantitative estimate of drug-likeness (QED) is 0.311. The van der Waals surface area contributed by atoms with Crippen LogP contribution in [0.4, 0.5) is 0 Å². The van der Waals surface area contributed by atoms with E-state index in [1.807, 2.05) is 13.0 Å². The number of Topliss-reactive ketones (excluding diaryl/α,β-unsaturated/α-hetero) is 1. The standard InChI is InChI=1S/C32H43NO4/c1-18-9-11-28(3)13-14-30(5)21(24(28)19(18)2)15-22(34)25-29(4)16-20(17-33)26(35)32(7,27(36)37-8)23(29)10-12-31(25,30)6/h15-16,18-19,23-25H,9-14H2,1-8H3/t18-,19+,23-,24+,25-,28-,29+,30-,31-,32-/m1/s1. The molecule has 0 N–H and O–H groups in total. The molecule has 10 atom stereocenters. The van der Waals surface area contributed by atoms with E-state index in [0.29, 0.717) is 24.2 Å². The van der Waals surface area contributed by atoms with Gasteiger partial charge in [0.15, 0.2) is 11.6 Å². The van der Waals surface area contributed by atoms with Crippen LogP contribution < -0.4 is 0 Å². The Morgan fingerprint density at radius 1 is 1.03 bits per heavy atom. The van der Waals surface area contributed by atoms with E-state index in [2.05, 4.69) is 40.7 Å². The second kappa shape index (κ2) is 7.90. The number of hydrogen-bond acceptors (Lipinski definition) is 5. The molecule has 0 aliphatic heterocycles. The Morgan fingerprint density at radius 3 is 2.32 bits per heavy atom. The van der Waals surface area contributed by atoms with Crippen molar-refractivity contribution in [2.45, 2.75) is 87.0 Å². The molecule has 0 heterocycles. The lowest BCUT2D eigenvalue weighted by molar-refractivity contribution is -0.184. The molecule has 0 aromatic rings. The fourth-order valence-electron chi connectivity index (χ4n) is 10.4. The summed E-state index contributed by atoms with van der Waals surface area (Å²) in [5, 5.41) is 9.94. The Kier molecular flexibility index (Phi) is 5.64. The number of carbonyl (C=O) groups is 3. The van der Waals surface area contributed by atoms with E-state index in [1.165, 1.54) is 25.5 Å². The van der Waals surface area contributed by atoms with Crippen molar-refractivity contribution in [3.8, 4) is 6.07 Å². The number of ketones is 2. The van der Waals surface area contributed by atoms with Crippen LogP contribution in [0.1, 0.15) is 87.0 Å². The number of methoxy groups -OCH3 is 1. The minimum Gasteiger partial charge on any atom is -0.468 e. The zero-order chi connectivity index (χ0) is 27.3. The van der Waals surface area contributed by atoms with Gasteiger partial charge in [-0.15, -0.1) is 0 Å². The molecule has 0 saturated heterocycles. The van der Waals surface area contributed by atoms with E-state index in [1.54, 1.807) is 13.0 Å². The second-order valence-electron chi connectivity index (χ2n) is 14.3. The van der Waals surface area contributed by atoms with Crippen molar-refractivity contribution < 1.29 is 19.1 Å². The lowest BCUT2D eigenvalue weighted by Crippen LogP contribution is -2.67. The van der Waals surface area contributed by atoms with Gasteiger partial charge >= 0.3 is 5.97 Å². The molecule has 5 aliphatic carbocycles. The highest BCUT2D eigenvalue weighted by Gasteiger charge is 2.72. The zero-order valence-electron chi connectivity index (χ0n) is 23.9. The van der Waals surface area contributed by atoms with E-state index in [9.17, 15) is 19.6 Å². The van der Waals surface area contributed by atoms with Crippen LogP contribution >= 0.6 is 0 Å². The molecule has 0 aromatic heterocycles. The number of ether oxygens (including phenoxy) is 1. The molecule has 0 aromatic carbocycles. The van der Waals surface area contributed by atoms with Gasteiger partial charge in [-0.2, -0.15) is 5.26 Å². The molecule has 0 radical (unpaired) electrons. The number of rotatable bonds is 1. The maximum absolute atomic E-state index is 14.4. The number of nitriles is 1. The van der Waals surface area contributed by atoms with E-state index >= 15 is 0 Å². The summed E-state index contributed by atoms with van der Waals surface area (Å²) in [5.41, 5.74) is -1.23. The van der Waals surface area contributed by atoms with Crippen molar-refractivity contribution in [3.05, 3.63) is 23.3 Å². The first-order valence-electron chi connectivity index (χ1n) is 14.2. The van der Waals surface area contributed by atoms with Gasteiger partial charge < -0.3 is 4.74 Å². The van der Waals surface area contributed by atoms with Crippen LogP contribution in [-0.2, 0) is 19.1 Å². The van der Waals surface area contributed by atoms with Crippen LogP contribution in [0.5, 0.6) is 0 Å². The molecule has 3 fully saturated rings. The first-order chi connectivity index (χ1) is 17.2. The van der Waals surface area contributed by atoms with Crippen LogP contribution in [0.25, 0.3) is 0 Å². The van der Waals surface area contributed by atoms with Gasteiger partial charge in [-0.3, -0.25) is 14.4 Å². The highest BCUT2D eigenvalue weighted by molar-refractivity contribution is 6.15. The average Bonchev–Trinajstić information content (AvgIpc) is 2.84. The molecule has 0 unspecified atom stereocenters. The van der Waals surface area contributed by atoms with Crippen molar-refractivity contribution >= 4 is 17.5 Å². The van der Waals surface area contributed by atoms with Crippen molar-refractivity contribution in [2.75, 3.05) is 7.11 Å². The van der Waals surface area contributed by atoms with Crippen LogP contribution in [0.2, 0.25) is 0 Å². The summed E-state index contributed by atoms with van der Waals surface area (Å²) in [5.74, 6) is -0.258. The molecule has 0 spiro atoms. The maximum Gasteiger partial charge on any atom is 0.319 e. The Bertz CT molecular complexity index is 1190. The van der Waals surface area contributed by atoms with Crippen LogP contribution in [0.15, 0.2) is 23.3 Å². The largest absolute Gasteiger partial charge is 0.468 e. The summed E-state index contributed by atoms with van der Waals surface area (Å²) < 4.78 is 5.14. The van der Waals surface area contributed by atoms with Gasteiger partial charge in [-0.25, -0.2) is 0 Å². The first kappa shape index (κ1) is 26.4. The Labute approximate surface area is 222 Å². The summed E-state index contributed by atoms with van der Waals surface area (Å²) in [6, 6.07) is 2.06. The van der Waals surface area contributed by atoms with Crippen LogP contribution in [0.3, 0.4) is 0 Å². The predicted molar refractivity (Wildman–Crippen MR) is 141 cm³/mol. The van der Waals surface area contributed by atoms with Gasteiger partial charge in [0.1, 0.15) is 11.5 Å². The van der Waals surface area contributed by atoms with Gasteiger partial charge in [-0.05, 0) is 91.4 Å². The van der Waals surface area contributed by atoms with E-state index in [0.717, 1.165) is 19.3 Å². The van der Waals surface area contributed by atoms with Crippen LogP contribution in [0, 0.1) is 68.0 Å². The summed E-state index contributed by atoms with van der Waals surface area (Å²) in [6.45, 7) is 15.5. The molecule has 5 nitrogen and oxygen atoms in total. The van der Waals surface area contributed by atoms with Gasteiger partial charge in [0, 0.05) is 11.3 Å². The minimum atomic E-state index is -1.48. The highest BCUT2D eigenvalue weighted by Crippen LogP contribution is 2.74. The smallest absolute Gasteiger partial charge is 0.319 e. The van der Waals surface area contributed by atoms with Gasteiger partial charge in [0.05, 0.1) is 12.7 Å². The van der Waals surface area contributed by atoms with Crippen molar-refractivity contribution in [3.63, 3.8) is 0 Å². The number of esters is 1. The number of fused-ring (bicyclic) bond motifs is 7. The first-order valence-corrected chi connectivity index (χ1v) is 14.2. The third kappa shape index (κ3) is 2.99. The number of hydrogen-bond donors (Lipinski definition) is 0. The third-order valence-corrected chi connectivity index (χ3v) is 12.9. The SMILES string of the molecule is COC(=O)[C@@]1(C)C(=O)C(C#N)=C[C@]2(C)[C@H]3C(=O)C=C4[C@@H]5[C@@H](C)[C@H](C)CC[C@]5(C)CC[C@@]4(C)[C@]3(C)CC[C@@H]12. The Hall–Kier alpha value is -2.22. The lowest BCUT2D eigenvalue weighted by Gasteiger charge is -2.69. The molecular weight excluding hydrogens is 462 g/mol. The lowest BCUT2D eigenvalue weighted by atomic mass is 9.33. The molecule has 0 bridgehead atoms. The molecule has 0 amide bonds. The van der Waals surface area contributed by atoms with E-state index < -0.39 is 34.4 Å². The molecule has 37 heavy (non-hydrogen) atoms. The van der Waals surface area contributed by atoms with Crippen LogP contribution in [-0.4, -0.2) is 24.6 Å². The van der Waals surface area contributed by atoms with Gasteiger partial charge in [0.2, 0.25) is 0 Å². The Morgan fingerprint density at radius 2 is 1.70 bits per heavy atom. The Balaban J connectivity index is 1.71. The van der Waals surface area contributed by atoms with E-state index in [-0.39, 0.29) is 27.6 Å². The zero-order valence-corrected chi connectivity index (χ0v) is 23.9. The fraction of sp³-hybridized carbons (Fsp3) is 0.750. The topological polar surface area (TPSA) is 84.2 Å². The molecule has 3 saturated carbocycles. The fourth-order valence-corrected chi connectivity index (χ4v) is 10.4. The normalized spacial score (nSPS) is 50.8. The summed E-state index contributed by atoms with van der Waals surface area (Å²) in [7, 11) is 1.29. The average molecular weight is 506 g/mol.